The first-order valence-corrected chi connectivity index (χ1v) is 12.1. The van der Waals surface area contributed by atoms with Crippen LogP contribution >= 0.6 is 0 Å². The van der Waals surface area contributed by atoms with Crippen LogP contribution in [0.15, 0.2) is 48.0 Å². The molecule has 0 radical (unpaired) electrons. The van der Waals surface area contributed by atoms with Crippen molar-refractivity contribution in [2.45, 2.75) is 52.0 Å². The van der Waals surface area contributed by atoms with Gasteiger partial charge in [0.05, 0.1) is 24.3 Å². The van der Waals surface area contributed by atoms with Crippen LogP contribution in [0.3, 0.4) is 0 Å². The van der Waals surface area contributed by atoms with Crippen molar-refractivity contribution in [3.05, 3.63) is 70.3 Å². The van der Waals surface area contributed by atoms with E-state index in [0.717, 1.165) is 11.1 Å². The minimum Gasteiger partial charge on any atom is -0.507 e. The number of Topliss-reactive ketones (excluding diaryl/α,β-unsaturated/α-hetero) is 1. The highest BCUT2D eigenvalue weighted by molar-refractivity contribution is 6.46. The van der Waals surface area contributed by atoms with E-state index >= 15 is 0 Å². The number of carbonyl (C=O) groups is 2. The Morgan fingerprint density at radius 2 is 1.71 bits per heavy atom. The minimum atomic E-state index is -0.681. The monoisotopic (exact) mass is 478 g/mol. The zero-order valence-corrected chi connectivity index (χ0v) is 22.2. The van der Waals surface area contributed by atoms with Crippen LogP contribution in [0.5, 0.6) is 5.75 Å². The number of likely N-dealkylation sites (tertiary alicyclic amines) is 1. The summed E-state index contributed by atoms with van der Waals surface area (Å²) in [5.41, 5.74) is 3.27. The summed E-state index contributed by atoms with van der Waals surface area (Å²) >= 11 is 0. The van der Waals surface area contributed by atoms with Gasteiger partial charge in [0, 0.05) is 13.1 Å². The summed E-state index contributed by atoms with van der Waals surface area (Å²) in [4.78, 5) is 30.1. The Kier molecular flexibility index (Phi) is 7.75. The van der Waals surface area contributed by atoms with Gasteiger partial charge < -0.3 is 19.6 Å². The molecule has 0 spiro atoms. The molecule has 1 unspecified atom stereocenters. The summed E-state index contributed by atoms with van der Waals surface area (Å²) in [5.74, 6) is -0.686. The number of aliphatic hydroxyl groups excluding tert-OH is 1. The van der Waals surface area contributed by atoms with E-state index in [1.54, 1.807) is 11.0 Å². The van der Waals surface area contributed by atoms with Crippen molar-refractivity contribution in [1.82, 2.24) is 9.80 Å². The molecule has 1 amide bonds. The van der Waals surface area contributed by atoms with E-state index in [0.29, 0.717) is 30.3 Å². The van der Waals surface area contributed by atoms with Crippen LogP contribution in [0.2, 0.25) is 0 Å². The molecule has 1 fully saturated rings. The topological polar surface area (TPSA) is 70.1 Å². The number of aliphatic hydroxyl groups is 1. The van der Waals surface area contributed by atoms with Crippen molar-refractivity contribution < 1.29 is 19.4 Å². The second-order valence-electron chi connectivity index (χ2n) is 10.8. The Morgan fingerprint density at radius 1 is 1.09 bits per heavy atom. The Hall–Kier alpha value is -3.12. The average molecular weight is 479 g/mol. The number of carbonyl (C=O) groups excluding carboxylic acids is 2. The predicted octanol–water partition coefficient (Wildman–Crippen LogP) is 5.10. The zero-order valence-electron chi connectivity index (χ0n) is 22.2. The molecule has 2 aromatic carbocycles. The number of likely N-dealkylation sites (N-methyl/N-ethyl adjacent to an activating group) is 1. The van der Waals surface area contributed by atoms with Crippen LogP contribution < -0.4 is 4.74 Å². The molecule has 1 saturated heterocycles. The summed E-state index contributed by atoms with van der Waals surface area (Å²) in [7, 11) is 5.37. The van der Waals surface area contributed by atoms with E-state index in [1.165, 1.54) is 12.7 Å². The normalized spacial score (nSPS) is 18.1. The Bertz CT molecular complexity index is 1120. The first kappa shape index (κ1) is 26.5. The molecule has 3 rings (SSSR count). The third-order valence-electron chi connectivity index (χ3n) is 6.57. The fourth-order valence-corrected chi connectivity index (χ4v) is 4.33. The molecular formula is C29H38N2O4. The van der Waals surface area contributed by atoms with Gasteiger partial charge in [0.25, 0.3) is 11.7 Å². The fraction of sp³-hybridized carbons (Fsp3) is 0.448. The maximum Gasteiger partial charge on any atom is 0.295 e. The summed E-state index contributed by atoms with van der Waals surface area (Å²) in [5, 5.41) is 11.6. The lowest BCUT2D eigenvalue weighted by molar-refractivity contribution is -0.140. The van der Waals surface area contributed by atoms with Crippen molar-refractivity contribution in [2.75, 3.05) is 34.3 Å². The van der Waals surface area contributed by atoms with Crippen molar-refractivity contribution in [3.8, 4) is 5.75 Å². The van der Waals surface area contributed by atoms with Gasteiger partial charge in [-0.05, 0) is 54.3 Å². The number of hydrogen-bond donors (Lipinski definition) is 1. The average Bonchev–Trinajstić information content (AvgIpc) is 3.06. The smallest absolute Gasteiger partial charge is 0.295 e. The highest BCUT2D eigenvalue weighted by atomic mass is 16.5. The summed E-state index contributed by atoms with van der Waals surface area (Å²) in [6.45, 7) is 11.4. The highest BCUT2D eigenvalue weighted by Gasteiger charge is 2.46. The standard InChI is InChI=1S/C29H38N2O4/c1-18(2)19-9-11-20(12-10-19)25-24(27(33)28(34)31(25)16-15-30(6)7)26(32)22-17-21(29(3,4)5)13-14-23(22)35-8/h9-14,17-18,25,32H,15-16H2,1-8H3/b26-24+. The van der Waals surface area contributed by atoms with Gasteiger partial charge in [-0.25, -0.2) is 0 Å². The molecule has 1 atom stereocenters. The molecule has 0 aliphatic carbocycles. The van der Waals surface area contributed by atoms with Gasteiger partial charge in [0.15, 0.2) is 0 Å². The second kappa shape index (κ2) is 10.2. The van der Waals surface area contributed by atoms with E-state index in [2.05, 4.69) is 34.6 Å². The lowest BCUT2D eigenvalue weighted by Crippen LogP contribution is -2.35. The van der Waals surface area contributed by atoms with Crippen LogP contribution in [-0.2, 0) is 15.0 Å². The van der Waals surface area contributed by atoms with Crippen LogP contribution in [0.25, 0.3) is 5.76 Å². The Balaban J connectivity index is 2.23. The molecule has 2 aromatic rings. The molecule has 6 nitrogen and oxygen atoms in total. The molecule has 188 valence electrons. The Morgan fingerprint density at radius 3 is 2.23 bits per heavy atom. The fourth-order valence-electron chi connectivity index (χ4n) is 4.33. The molecule has 0 saturated carbocycles. The Labute approximate surface area is 209 Å². The van der Waals surface area contributed by atoms with Crippen molar-refractivity contribution in [3.63, 3.8) is 0 Å². The van der Waals surface area contributed by atoms with E-state index in [9.17, 15) is 14.7 Å². The van der Waals surface area contributed by atoms with E-state index < -0.39 is 17.7 Å². The molecule has 1 aliphatic heterocycles. The second-order valence-corrected chi connectivity index (χ2v) is 10.8. The first-order chi connectivity index (χ1) is 16.4. The number of hydrogen-bond acceptors (Lipinski definition) is 5. The number of methoxy groups -OCH3 is 1. The van der Waals surface area contributed by atoms with Crippen molar-refractivity contribution in [1.29, 1.82) is 0 Å². The molecule has 35 heavy (non-hydrogen) atoms. The van der Waals surface area contributed by atoms with E-state index in [4.69, 9.17) is 4.74 Å². The highest BCUT2D eigenvalue weighted by Crippen LogP contribution is 2.42. The van der Waals surface area contributed by atoms with E-state index in [1.807, 2.05) is 55.4 Å². The quantitative estimate of drug-likeness (QED) is 0.341. The number of ketones is 1. The predicted molar refractivity (Wildman–Crippen MR) is 140 cm³/mol. The third-order valence-corrected chi connectivity index (χ3v) is 6.57. The van der Waals surface area contributed by atoms with Gasteiger partial charge in [-0.3, -0.25) is 9.59 Å². The van der Waals surface area contributed by atoms with Crippen molar-refractivity contribution in [2.24, 2.45) is 0 Å². The summed E-state index contributed by atoms with van der Waals surface area (Å²) in [6.07, 6.45) is 0. The molecule has 1 heterocycles. The minimum absolute atomic E-state index is 0.0930. The molecule has 6 heteroatoms. The van der Waals surface area contributed by atoms with Crippen LogP contribution in [0.4, 0.5) is 0 Å². The van der Waals surface area contributed by atoms with Gasteiger partial charge in [-0.15, -0.1) is 0 Å². The molecule has 1 aliphatic rings. The lowest BCUT2D eigenvalue weighted by atomic mass is 9.85. The van der Waals surface area contributed by atoms with Gasteiger partial charge in [0.1, 0.15) is 11.5 Å². The summed E-state index contributed by atoms with van der Waals surface area (Å²) in [6, 6.07) is 12.9. The van der Waals surface area contributed by atoms with Gasteiger partial charge in [0.2, 0.25) is 0 Å². The van der Waals surface area contributed by atoms with Crippen LogP contribution in [0, 0.1) is 0 Å². The van der Waals surface area contributed by atoms with Crippen LogP contribution in [0.1, 0.15) is 68.8 Å². The number of ether oxygens (including phenoxy) is 1. The SMILES string of the molecule is COc1ccc(C(C)(C)C)cc1/C(O)=C1\C(=O)C(=O)N(CCN(C)C)C1c1ccc(C(C)C)cc1. The van der Waals surface area contributed by atoms with Crippen LogP contribution in [-0.4, -0.2) is 60.9 Å². The van der Waals surface area contributed by atoms with Gasteiger partial charge in [-0.2, -0.15) is 0 Å². The third kappa shape index (κ3) is 5.43. The summed E-state index contributed by atoms with van der Waals surface area (Å²) < 4.78 is 5.53. The molecular weight excluding hydrogens is 440 g/mol. The number of nitrogens with zero attached hydrogens (tertiary/aromatic N) is 2. The zero-order chi connectivity index (χ0) is 26.1. The van der Waals surface area contributed by atoms with Crippen molar-refractivity contribution >= 4 is 17.4 Å². The number of rotatable bonds is 7. The number of benzene rings is 2. The first-order valence-electron chi connectivity index (χ1n) is 12.1. The molecule has 0 aromatic heterocycles. The largest absolute Gasteiger partial charge is 0.507 e. The maximum atomic E-state index is 13.4. The number of amides is 1. The lowest BCUT2D eigenvalue weighted by Gasteiger charge is -2.27. The van der Waals surface area contributed by atoms with Gasteiger partial charge >= 0.3 is 0 Å². The molecule has 0 bridgehead atoms. The van der Waals surface area contributed by atoms with E-state index in [-0.39, 0.29) is 16.7 Å². The molecule has 1 N–H and O–H groups in total. The van der Waals surface area contributed by atoms with Gasteiger partial charge in [-0.1, -0.05) is 65.0 Å². The maximum absolute atomic E-state index is 13.4.